The lowest BCUT2D eigenvalue weighted by atomic mass is 9.88. The Hall–Kier alpha value is -8.37. The summed E-state index contributed by atoms with van der Waals surface area (Å²) in [5.74, 6) is 0.0501. The number of methoxy groups -OCH3 is 1. The number of ether oxygens (including phenoxy) is 7. The fraction of sp³-hybridized carbons (Fsp3) is 0.557. The van der Waals surface area contributed by atoms with Crippen molar-refractivity contribution in [2.45, 2.75) is 162 Å². The molecule has 0 unspecified atom stereocenters. The van der Waals surface area contributed by atoms with Gasteiger partial charge in [0.1, 0.15) is 48.3 Å². The van der Waals surface area contributed by atoms with Crippen LogP contribution in [0.5, 0.6) is 17.4 Å². The normalized spacial score (nSPS) is 15.0. The van der Waals surface area contributed by atoms with Crippen molar-refractivity contribution in [3.05, 3.63) is 114 Å². The van der Waals surface area contributed by atoms with Crippen LogP contribution in [0.15, 0.2) is 85.3 Å². The highest BCUT2D eigenvalue weighted by Crippen LogP contribution is 2.51. The number of piperidine rings is 1. The number of carbonyl (C=O) groups is 6. The fourth-order valence-corrected chi connectivity index (χ4v) is 12.4. The van der Waals surface area contributed by atoms with Crippen LogP contribution in [0.3, 0.4) is 0 Å². The molecule has 2 aromatic carbocycles. The van der Waals surface area contributed by atoms with E-state index in [1.165, 1.54) is 18.0 Å². The maximum Gasteiger partial charge on any atom is 0.328 e. The standard InChI is InChI=1S/C70H97N13O13Si/c1-47-63(48-19-22-52(23-20-48)74-68(88)65(64(49-15-16-49)50-17-18-50)76-67(87)59-26-30-73-80(59)5)58(78-83(47)46-92-37-38-97(7,8)9)43-91-35-11-10-32-82-41-53(77-79-82)42-93-45-62(85)81-33-27-54(28-34-81)94-36-31-71-60(84)44-95-55-13-12-14-56(39-55)96-61-24-21-51(40-72-61)66(86)75-57(69(89)90-6)25-29-70(2,3)4/h12-14,19-24,26,30,39-41,49-50,54,57,64-65H,10-11,15-18,25,27-29,31-38,42-46H2,1-9H3,(H,71,84)(H,74,88)(H,75,86)(H,76,87)/t57-,65-/m0/s1. The van der Waals surface area contributed by atoms with Crippen molar-refractivity contribution < 1.29 is 61.9 Å². The maximum atomic E-state index is 14.1. The summed E-state index contributed by atoms with van der Waals surface area (Å²) in [5, 5.41) is 29.5. The number of nitrogens with zero attached hydrogens (tertiary/aromatic N) is 9. The average molecular weight is 1360 g/mol. The van der Waals surface area contributed by atoms with Crippen LogP contribution < -0.4 is 30.7 Å². The summed E-state index contributed by atoms with van der Waals surface area (Å²) in [6.45, 7) is 19.1. The zero-order chi connectivity index (χ0) is 69.1. The Balaban J connectivity index is 0.639. The molecule has 6 aromatic rings. The van der Waals surface area contributed by atoms with Crippen LogP contribution >= 0.6 is 0 Å². The van der Waals surface area contributed by atoms with E-state index in [1.807, 2.05) is 42.1 Å². The average Bonchev–Trinajstić information content (AvgIpc) is 1.66. The van der Waals surface area contributed by atoms with Gasteiger partial charge < -0.3 is 59.3 Å². The quantitative estimate of drug-likeness (QED) is 0.0160. The Morgan fingerprint density at radius 3 is 2.24 bits per heavy atom. The minimum Gasteiger partial charge on any atom is -0.484 e. The van der Waals surface area contributed by atoms with Gasteiger partial charge in [0, 0.05) is 96.0 Å². The molecule has 9 rings (SSSR count). The number of pyridine rings is 1. The number of hydrogen-bond donors (Lipinski definition) is 4. The van der Waals surface area contributed by atoms with E-state index in [-0.39, 0.29) is 85.5 Å². The molecule has 26 nitrogen and oxygen atoms in total. The number of hydrogen-bond acceptors (Lipinski definition) is 18. The van der Waals surface area contributed by atoms with Crippen molar-refractivity contribution in [3.8, 4) is 28.5 Å². The second-order valence-corrected chi connectivity index (χ2v) is 33.4. The summed E-state index contributed by atoms with van der Waals surface area (Å²) in [6.07, 6.45) is 13.0. The fourth-order valence-electron chi connectivity index (χ4n) is 11.6. The van der Waals surface area contributed by atoms with Crippen LogP contribution in [0.1, 0.15) is 123 Å². The van der Waals surface area contributed by atoms with Crippen molar-refractivity contribution >= 4 is 49.3 Å². The largest absolute Gasteiger partial charge is 0.484 e. The number of nitrogens with one attached hydrogen (secondary N) is 4. The summed E-state index contributed by atoms with van der Waals surface area (Å²) >= 11 is 0. The summed E-state index contributed by atoms with van der Waals surface area (Å²) in [4.78, 5) is 84.6. The SMILES string of the molecule is COC(=O)[C@H](CCC(C)(C)C)NC(=O)c1ccc(Oc2cccc(OCC(=O)NCCOC3CCN(C(=O)COCc4cn(CCCCOCc5nn(COCC[Si](C)(C)C)c(C)c5-c5ccc(NC(=O)[C@@H](NC(=O)c6ccnn6C)C(C6CC6)C6CC6)cc5)nn4)CC3)c2)nc1. The van der Waals surface area contributed by atoms with Gasteiger partial charge in [0.15, 0.2) is 6.61 Å². The van der Waals surface area contributed by atoms with Gasteiger partial charge in [-0.15, -0.1) is 5.10 Å². The lowest BCUT2D eigenvalue weighted by molar-refractivity contribution is -0.143. The van der Waals surface area contributed by atoms with Gasteiger partial charge in [-0.3, -0.25) is 33.3 Å². The molecule has 1 saturated heterocycles. The van der Waals surface area contributed by atoms with Gasteiger partial charge in [-0.1, -0.05) is 63.8 Å². The molecule has 3 fully saturated rings. The molecular formula is C70H97N13O13Si. The minimum atomic E-state index is -1.29. The smallest absolute Gasteiger partial charge is 0.328 e. The molecule has 0 spiro atoms. The molecular weight excluding hydrogens is 1260 g/mol. The first kappa shape index (κ1) is 72.9. The molecule has 2 atom stereocenters. The highest BCUT2D eigenvalue weighted by molar-refractivity contribution is 6.76. The molecule has 4 N–H and O–H groups in total. The summed E-state index contributed by atoms with van der Waals surface area (Å²) in [7, 11) is 1.72. The van der Waals surface area contributed by atoms with E-state index in [0.29, 0.717) is 112 Å². The number of anilines is 1. The number of likely N-dealkylation sites (tertiary alicyclic amines) is 1. The summed E-state index contributed by atoms with van der Waals surface area (Å²) < 4.78 is 45.9. The third kappa shape index (κ3) is 22.9. The predicted molar refractivity (Wildman–Crippen MR) is 364 cm³/mol. The minimum absolute atomic E-state index is 0.0277. The number of unbranched alkanes of at least 4 members (excludes halogenated alkanes) is 1. The summed E-state index contributed by atoms with van der Waals surface area (Å²) in [5.41, 5.74) is 5.52. The van der Waals surface area contributed by atoms with Gasteiger partial charge in [-0.05, 0) is 142 Å². The number of amides is 5. The number of aromatic nitrogens is 8. The van der Waals surface area contributed by atoms with Crippen molar-refractivity contribution in [2.24, 2.45) is 30.2 Å². The molecule has 5 heterocycles. The highest BCUT2D eigenvalue weighted by Gasteiger charge is 2.48. The van der Waals surface area contributed by atoms with Gasteiger partial charge in [0.2, 0.25) is 17.7 Å². The van der Waals surface area contributed by atoms with Crippen LogP contribution in [-0.2, 0) is 76.4 Å². The first-order chi connectivity index (χ1) is 46.6. The number of esters is 1. The maximum absolute atomic E-state index is 14.1. The number of benzene rings is 2. The third-order valence-electron chi connectivity index (χ3n) is 17.4. The zero-order valence-corrected chi connectivity index (χ0v) is 58.6. The molecule has 2 saturated carbocycles. The van der Waals surface area contributed by atoms with Crippen molar-refractivity contribution in [1.29, 1.82) is 0 Å². The van der Waals surface area contributed by atoms with Crippen molar-refractivity contribution in [3.63, 3.8) is 0 Å². The van der Waals surface area contributed by atoms with E-state index in [9.17, 15) is 28.8 Å². The Labute approximate surface area is 568 Å². The van der Waals surface area contributed by atoms with E-state index < -0.39 is 32.0 Å². The highest BCUT2D eigenvalue weighted by atomic mass is 28.3. The number of aryl methyl sites for hydroxylation is 2. The summed E-state index contributed by atoms with van der Waals surface area (Å²) in [6, 6.07) is 18.9. The van der Waals surface area contributed by atoms with Crippen molar-refractivity contribution in [2.75, 3.05) is 65.1 Å². The molecule has 4 aromatic heterocycles. The third-order valence-corrected chi connectivity index (χ3v) is 19.1. The molecule has 2 aliphatic carbocycles. The second kappa shape index (κ2) is 34.7. The Bertz CT molecular complexity index is 3550. The monoisotopic (exact) mass is 1360 g/mol. The van der Waals surface area contributed by atoms with E-state index >= 15 is 0 Å². The van der Waals surface area contributed by atoms with E-state index in [2.05, 4.69) is 82.1 Å². The van der Waals surface area contributed by atoms with E-state index in [1.54, 1.807) is 65.3 Å². The Kier molecular flexibility index (Phi) is 26.1. The first-order valence-corrected chi connectivity index (χ1v) is 37.6. The Morgan fingerprint density at radius 2 is 1.56 bits per heavy atom. The second-order valence-electron chi connectivity index (χ2n) is 27.8. The van der Waals surface area contributed by atoms with Gasteiger partial charge in [-0.25, -0.2) is 14.5 Å². The lowest BCUT2D eigenvalue weighted by Gasteiger charge is -2.32. The molecule has 97 heavy (non-hydrogen) atoms. The van der Waals surface area contributed by atoms with E-state index in [0.717, 1.165) is 67.1 Å². The van der Waals surface area contributed by atoms with Gasteiger partial charge in [0.05, 0.1) is 50.5 Å². The van der Waals surface area contributed by atoms with Gasteiger partial charge in [0.25, 0.3) is 17.7 Å². The number of carbonyl (C=O) groups excluding carboxylic acids is 6. The van der Waals surface area contributed by atoms with Gasteiger partial charge >= 0.3 is 5.97 Å². The predicted octanol–water partition coefficient (Wildman–Crippen LogP) is 8.67. The lowest BCUT2D eigenvalue weighted by Crippen LogP contribution is -2.50. The van der Waals surface area contributed by atoms with Crippen LogP contribution in [-0.4, -0.2) is 166 Å². The van der Waals surface area contributed by atoms with Crippen LogP contribution in [0, 0.1) is 30.1 Å². The Morgan fingerprint density at radius 1 is 0.804 bits per heavy atom. The van der Waals surface area contributed by atoms with Crippen molar-refractivity contribution in [1.82, 2.24) is 60.4 Å². The molecule has 27 heteroatoms. The zero-order valence-electron chi connectivity index (χ0n) is 57.6. The molecule has 524 valence electrons. The molecule has 0 radical (unpaired) electrons. The molecule has 3 aliphatic rings. The van der Waals surface area contributed by atoms with E-state index in [4.69, 9.17) is 38.3 Å². The van der Waals surface area contributed by atoms with Gasteiger partial charge in [-0.2, -0.15) is 10.2 Å². The molecule has 5 amide bonds. The van der Waals surface area contributed by atoms with Crippen LogP contribution in [0.2, 0.25) is 25.7 Å². The molecule has 1 aliphatic heterocycles. The first-order valence-electron chi connectivity index (χ1n) is 33.9. The molecule has 0 bridgehead atoms. The number of rotatable bonds is 38. The topological polar surface area (TPSA) is 298 Å². The van der Waals surface area contributed by atoms with Crippen LogP contribution in [0.25, 0.3) is 11.1 Å². The van der Waals surface area contributed by atoms with Crippen LogP contribution in [0.4, 0.5) is 5.69 Å².